The molecule has 7 heteroatoms. The minimum atomic E-state index is -1.21. The summed E-state index contributed by atoms with van der Waals surface area (Å²) in [5.74, 6) is -5.39. The average Bonchev–Trinajstić information content (AvgIpc) is 2.76. The molecule has 3 unspecified atom stereocenters. The van der Waals surface area contributed by atoms with Gasteiger partial charge >= 0.3 is 11.9 Å². The summed E-state index contributed by atoms with van der Waals surface area (Å²) < 4.78 is 0.102. The molecule has 0 bridgehead atoms. The zero-order valence-corrected chi connectivity index (χ0v) is 22.0. The van der Waals surface area contributed by atoms with E-state index in [1.807, 2.05) is 6.08 Å². The normalized spacial score (nSPS) is 16.1. The second kappa shape index (κ2) is 18.4. The third kappa shape index (κ3) is 15.1. The van der Waals surface area contributed by atoms with Gasteiger partial charge in [0, 0.05) is 11.9 Å². The Balaban J connectivity index is 4.86. The van der Waals surface area contributed by atoms with Gasteiger partial charge in [-0.1, -0.05) is 77.7 Å². The molecule has 3 atom stereocenters. The number of rotatable bonds is 22. The van der Waals surface area contributed by atoms with Gasteiger partial charge in [-0.05, 0) is 32.8 Å². The Bertz CT molecular complexity index is 563. The molecule has 0 rings (SSSR count). The first-order valence-corrected chi connectivity index (χ1v) is 13.2. The van der Waals surface area contributed by atoms with Crippen LogP contribution in [-0.4, -0.2) is 58.8 Å². The molecule has 0 aromatic heterocycles. The summed E-state index contributed by atoms with van der Waals surface area (Å²) in [5.41, 5.74) is 0. The predicted octanol–water partition coefficient (Wildman–Crippen LogP) is 4.50. The Morgan fingerprint density at radius 1 is 0.706 bits per heavy atom. The Morgan fingerprint density at radius 3 is 1.53 bits per heavy atom. The molecule has 0 radical (unpaired) electrons. The van der Waals surface area contributed by atoms with Crippen LogP contribution in [0.3, 0.4) is 0 Å². The van der Waals surface area contributed by atoms with Crippen molar-refractivity contribution >= 4 is 17.9 Å². The van der Waals surface area contributed by atoms with Crippen LogP contribution in [0.4, 0.5) is 0 Å². The molecule has 0 fully saturated rings. The molecular weight excluding hydrogens is 434 g/mol. The van der Waals surface area contributed by atoms with E-state index in [-0.39, 0.29) is 24.1 Å². The van der Waals surface area contributed by atoms with Crippen LogP contribution in [0, 0.1) is 17.8 Å². The molecule has 0 aromatic rings. The molecule has 0 saturated carbocycles. The summed E-state index contributed by atoms with van der Waals surface area (Å²) in [6, 6.07) is 0. The van der Waals surface area contributed by atoms with Crippen LogP contribution in [0.25, 0.3) is 0 Å². The van der Waals surface area contributed by atoms with Gasteiger partial charge in [-0.2, -0.15) is 0 Å². The zero-order valence-electron chi connectivity index (χ0n) is 22.0. The van der Waals surface area contributed by atoms with Crippen LogP contribution >= 0.6 is 0 Å². The maximum atomic E-state index is 11.5. The molecule has 0 spiro atoms. The molecular formula is C27H49NO6. The van der Waals surface area contributed by atoms with E-state index in [1.54, 1.807) is 13.8 Å². The lowest BCUT2D eigenvalue weighted by Gasteiger charge is -2.42. The maximum absolute atomic E-state index is 11.5. The van der Waals surface area contributed by atoms with Crippen molar-refractivity contribution in [1.29, 1.82) is 0 Å². The largest absolute Gasteiger partial charge is 0.550 e. The van der Waals surface area contributed by atoms with Gasteiger partial charge in [0.15, 0.2) is 0 Å². The minimum Gasteiger partial charge on any atom is -0.550 e. The summed E-state index contributed by atoms with van der Waals surface area (Å²) in [6.45, 7) is 7.82. The molecule has 0 aromatic carbocycles. The number of hydrogen-bond acceptors (Lipinski definition) is 4. The number of allylic oxidation sites excluding steroid dienone is 1. The topological polar surface area (TPSA) is 115 Å². The van der Waals surface area contributed by atoms with E-state index in [0.717, 1.165) is 12.8 Å². The zero-order chi connectivity index (χ0) is 26.0. The number of carboxylic acid groups (broad SMARTS) is 3. The first-order valence-electron chi connectivity index (χ1n) is 13.2. The molecule has 0 aliphatic heterocycles. The van der Waals surface area contributed by atoms with E-state index in [2.05, 4.69) is 13.0 Å². The highest BCUT2D eigenvalue weighted by molar-refractivity contribution is 5.70. The van der Waals surface area contributed by atoms with Crippen LogP contribution in [0.2, 0.25) is 0 Å². The highest BCUT2D eigenvalue weighted by atomic mass is 16.4. The second-order valence-electron chi connectivity index (χ2n) is 10.2. The smallest absolute Gasteiger partial charge is 0.311 e. The number of hydrogen-bond donors (Lipinski definition) is 2. The van der Waals surface area contributed by atoms with Crippen molar-refractivity contribution in [3.05, 3.63) is 12.2 Å². The quantitative estimate of drug-likeness (QED) is 0.133. The summed E-state index contributed by atoms with van der Waals surface area (Å²) in [4.78, 5) is 34.5. The number of carbonyl (C=O) groups excluding carboxylic acids is 1. The molecule has 7 nitrogen and oxygen atoms in total. The lowest BCUT2D eigenvalue weighted by Crippen LogP contribution is -2.58. The van der Waals surface area contributed by atoms with Crippen molar-refractivity contribution in [3.63, 3.8) is 0 Å². The van der Waals surface area contributed by atoms with Crippen LogP contribution in [0.1, 0.15) is 98.3 Å². The molecule has 0 heterocycles. The van der Waals surface area contributed by atoms with Crippen LogP contribution in [0.5, 0.6) is 0 Å². The van der Waals surface area contributed by atoms with E-state index in [9.17, 15) is 29.7 Å². The number of carbonyl (C=O) groups is 3. The van der Waals surface area contributed by atoms with Gasteiger partial charge in [0.2, 0.25) is 0 Å². The minimum absolute atomic E-state index is 0.102. The van der Waals surface area contributed by atoms with Gasteiger partial charge < -0.3 is 24.6 Å². The Morgan fingerprint density at radius 2 is 1.12 bits per heavy atom. The van der Waals surface area contributed by atoms with E-state index in [4.69, 9.17) is 0 Å². The van der Waals surface area contributed by atoms with E-state index in [1.165, 1.54) is 64.7 Å². The van der Waals surface area contributed by atoms with E-state index < -0.39 is 35.7 Å². The van der Waals surface area contributed by atoms with Crippen LogP contribution < -0.4 is 5.11 Å². The molecule has 0 aliphatic carbocycles. The fourth-order valence-electron chi connectivity index (χ4n) is 4.59. The molecule has 34 heavy (non-hydrogen) atoms. The lowest BCUT2D eigenvalue weighted by atomic mass is 10.0. The fraction of sp³-hybridized carbons (Fsp3) is 0.815. The van der Waals surface area contributed by atoms with E-state index >= 15 is 0 Å². The Hall–Kier alpha value is -1.89. The second-order valence-corrected chi connectivity index (χ2v) is 10.2. The van der Waals surface area contributed by atoms with Crippen LogP contribution in [0.15, 0.2) is 12.2 Å². The lowest BCUT2D eigenvalue weighted by molar-refractivity contribution is -0.929. The Labute approximate surface area is 206 Å². The van der Waals surface area contributed by atoms with Crippen molar-refractivity contribution in [2.75, 3.05) is 26.2 Å². The van der Waals surface area contributed by atoms with Crippen molar-refractivity contribution in [3.8, 4) is 0 Å². The Kier molecular flexibility index (Phi) is 17.4. The number of quaternary nitrogens is 1. The summed E-state index contributed by atoms with van der Waals surface area (Å²) in [6.07, 6.45) is 17.6. The summed E-state index contributed by atoms with van der Waals surface area (Å²) in [5, 5.41) is 30.3. The van der Waals surface area contributed by atoms with Gasteiger partial charge in [-0.15, -0.1) is 0 Å². The van der Waals surface area contributed by atoms with Crippen molar-refractivity contribution < 1.29 is 34.2 Å². The number of aliphatic carboxylic acids is 3. The van der Waals surface area contributed by atoms with E-state index in [0.29, 0.717) is 6.54 Å². The molecule has 0 amide bonds. The fourth-order valence-corrected chi connectivity index (χ4v) is 4.59. The molecule has 198 valence electrons. The highest BCUT2D eigenvalue weighted by Crippen LogP contribution is 2.20. The SMILES string of the molecule is CCCCCCCCCCCC/C=C/C[N+](CC(C)C(=O)[O-])(CC(C)C(=O)O)CC(C)C(=O)O. The van der Waals surface area contributed by atoms with Gasteiger partial charge in [0.05, 0.1) is 26.2 Å². The summed E-state index contributed by atoms with van der Waals surface area (Å²) in [7, 11) is 0. The monoisotopic (exact) mass is 483 g/mol. The highest BCUT2D eigenvalue weighted by Gasteiger charge is 2.36. The third-order valence-corrected chi connectivity index (χ3v) is 6.61. The molecule has 2 N–H and O–H groups in total. The van der Waals surface area contributed by atoms with Crippen molar-refractivity contribution in [2.24, 2.45) is 17.8 Å². The van der Waals surface area contributed by atoms with Gasteiger partial charge in [0.25, 0.3) is 0 Å². The van der Waals surface area contributed by atoms with Gasteiger partial charge in [-0.25, -0.2) is 0 Å². The number of carboxylic acids is 3. The van der Waals surface area contributed by atoms with Crippen LogP contribution in [-0.2, 0) is 14.4 Å². The molecule has 0 aliphatic rings. The van der Waals surface area contributed by atoms with Crippen molar-refractivity contribution in [2.45, 2.75) is 98.3 Å². The summed E-state index contributed by atoms with van der Waals surface area (Å²) >= 11 is 0. The standard InChI is InChI=1S/C27H49NO6/c1-5-6-7-8-9-10-11-12-13-14-15-16-17-18-28(19-22(2)25(29)30,20-23(3)26(31)32)21-24(4)27(33)34/h16-17,22-24H,5-15,18-21H2,1-4H3,(H2-,29,30,31,32,33,34)/b17-16+. The van der Waals surface area contributed by atoms with Gasteiger partial charge in [0.1, 0.15) is 11.8 Å². The third-order valence-electron chi connectivity index (χ3n) is 6.61. The predicted molar refractivity (Wildman–Crippen MR) is 133 cm³/mol. The number of nitrogens with zero attached hydrogens (tertiary/aromatic N) is 1. The first kappa shape index (κ1) is 32.1. The number of unbranched alkanes of at least 4 members (excludes halogenated alkanes) is 10. The first-order chi connectivity index (χ1) is 16.0. The maximum Gasteiger partial charge on any atom is 0.311 e. The average molecular weight is 484 g/mol. The van der Waals surface area contributed by atoms with Gasteiger partial charge in [-0.3, -0.25) is 9.59 Å². The van der Waals surface area contributed by atoms with Crippen molar-refractivity contribution in [1.82, 2.24) is 0 Å². The molecule has 0 saturated heterocycles.